The summed E-state index contributed by atoms with van der Waals surface area (Å²) in [5.74, 6) is -0.434. The quantitative estimate of drug-likeness (QED) is 0.214. The van der Waals surface area contributed by atoms with Crippen LogP contribution in [-0.2, 0) is 4.79 Å². The molecule has 0 unspecified atom stereocenters. The molecule has 0 atom stereocenters. The number of benzene rings is 3. The molecular formula is C23H13Cl3N4O3S. The number of thioether (sulfide) groups is 1. The molecule has 1 amide bonds. The Bertz CT molecular complexity index is 1630. The number of nitrogens with zero attached hydrogens (tertiary/aromatic N) is 3. The number of oxazole rings is 1. The first-order valence-corrected chi connectivity index (χ1v) is 12.0. The number of rotatable bonds is 5. The summed E-state index contributed by atoms with van der Waals surface area (Å²) in [5, 5.41) is 4.54. The Hall–Kier alpha value is -3.04. The first-order valence-electron chi connectivity index (χ1n) is 9.85. The van der Waals surface area contributed by atoms with E-state index in [2.05, 4.69) is 15.3 Å². The molecule has 0 spiro atoms. The zero-order valence-corrected chi connectivity index (χ0v) is 20.2. The lowest BCUT2D eigenvalue weighted by Crippen LogP contribution is -2.23. The van der Waals surface area contributed by atoms with Crippen LogP contribution in [0.1, 0.15) is 0 Å². The predicted molar refractivity (Wildman–Crippen MR) is 136 cm³/mol. The summed E-state index contributed by atoms with van der Waals surface area (Å²) in [6.45, 7) is 0. The molecule has 1 N–H and O–H groups in total. The van der Waals surface area contributed by atoms with Gasteiger partial charge in [0.25, 0.3) is 5.56 Å². The van der Waals surface area contributed by atoms with Gasteiger partial charge in [0.05, 0.1) is 32.4 Å². The van der Waals surface area contributed by atoms with E-state index in [0.717, 1.165) is 11.8 Å². The van der Waals surface area contributed by atoms with Crippen LogP contribution in [0.25, 0.3) is 27.7 Å². The topological polar surface area (TPSA) is 90.0 Å². The minimum absolute atomic E-state index is 0.0500. The van der Waals surface area contributed by atoms with Gasteiger partial charge in [-0.25, -0.2) is 4.98 Å². The van der Waals surface area contributed by atoms with Gasteiger partial charge in [0.15, 0.2) is 10.7 Å². The summed E-state index contributed by atoms with van der Waals surface area (Å²) in [4.78, 5) is 34.7. The third-order valence-electron chi connectivity index (χ3n) is 4.83. The molecule has 0 saturated heterocycles. The maximum Gasteiger partial charge on any atom is 0.302 e. The molecule has 170 valence electrons. The smallest absolute Gasteiger partial charge is 0.302 e. The molecule has 5 aromatic rings. The second-order valence-corrected chi connectivity index (χ2v) is 9.31. The number of fused-ring (bicyclic) bond motifs is 2. The van der Waals surface area contributed by atoms with Crippen LogP contribution in [-0.4, -0.2) is 26.2 Å². The lowest BCUT2D eigenvalue weighted by Gasteiger charge is -2.13. The molecule has 2 aromatic heterocycles. The van der Waals surface area contributed by atoms with Gasteiger partial charge in [-0.2, -0.15) is 4.98 Å². The van der Waals surface area contributed by atoms with Gasteiger partial charge in [0.1, 0.15) is 5.52 Å². The largest absolute Gasteiger partial charge is 0.423 e. The van der Waals surface area contributed by atoms with E-state index in [1.807, 2.05) is 0 Å². The normalized spacial score (nSPS) is 11.3. The lowest BCUT2D eigenvalue weighted by molar-refractivity contribution is -0.113. The SMILES string of the molecule is O=C(CSc1nc2ccccc2c(=O)n1-c1ccc(Cl)c(Cl)c1)Nc1nc2cc(Cl)ccc2o1. The summed E-state index contributed by atoms with van der Waals surface area (Å²) in [7, 11) is 0. The number of carbonyl (C=O) groups excluding carboxylic acids is 1. The van der Waals surface area contributed by atoms with Crippen molar-refractivity contribution >= 4 is 80.5 Å². The number of para-hydroxylation sites is 1. The minimum atomic E-state index is -0.384. The molecule has 0 radical (unpaired) electrons. The van der Waals surface area contributed by atoms with E-state index in [0.29, 0.717) is 47.9 Å². The predicted octanol–water partition coefficient (Wildman–Crippen LogP) is 6.22. The Morgan fingerprint density at radius 3 is 2.62 bits per heavy atom. The van der Waals surface area contributed by atoms with Crippen LogP contribution in [0.3, 0.4) is 0 Å². The fourth-order valence-corrected chi connectivity index (χ4v) is 4.57. The summed E-state index contributed by atoms with van der Waals surface area (Å²) < 4.78 is 6.94. The van der Waals surface area contributed by atoms with E-state index in [1.54, 1.807) is 60.7 Å². The summed E-state index contributed by atoms with van der Waals surface area (Å²) in [6.07, 6.45) is 0. The highest BCUT2D eigenvalue weighted by molar-refractivity contribution is 7.99. The van der Waals surface area contributed by atoms with E-state index >= 15 is 0 Å². The number of amides is 1. The van der Waals surface area contributed by atoms with Crippen LogP contribution in [0.2, 0.25) is 15.1 Å². The first kappa shape index (κ1) is 22.7. The van der Waals surface area contributed by atoms with Crippen molar-refractivity contribution in [3.05, 3.63) is 86.1 Å². The number of anilines is 1. The monoisotopic (exact) mass is 530 g/mol. The van der Waals surface area contributed by atoms with Gasteiger partial charge in [-0.15, -0.1) is 0 Å². The highest BCUT2D eigenvalue weighted by Crippen LogP contribution is 2.27. The Morgan fingerprint density at radius 1 is 0.971 bits per heavy atom. The molecule has 0 aliphatic carbocycles. The standard InChI is InChI=1S/C23H13Cl3N4O3S/c24-12-5-8-19-18(9-12)27-22(33-19)29-20(31)11-34-23-28-17-4-2-1-3-14(17)21(32)30(23)13-6-7-15(25)16(26)10-13/h1-10H,11H2,(H,27,29,31). The third kappa shape index (κ3) is 4.50. The van der Waals surface area contributed by atoms with Gasteiger partial charge >= 0.3 is 6.01 Å². The maximum absolute atomic E-state index is 13.3. The summed E-state index contributed by atoms with van der Waals surface area (Å²) >= 11 is 19.3. The Labute approximate surface area is 211 Å². The molecule has 11 heteroatoms. The van der Waals surface area contributed by atoms with Gasteiger partial charge in [-0.1, -0.05) is 58.7 Å². The second-order valence-electron chi connectivity index (χ2n) is 7.12. The molecule has 2 heterocycles. The van der Waals surface area contributed by atoms with Gasteiger partial charge in [0.2, 0.25) is 5.91 Å². The molecule has 0 fully saturated rings. The molecule has 0 bridgehead atoms. The van der Waals surface area contributed by atoms with Crippen molar-refractivity contribution in [2.75, 3.05) is 11.1 Å². The minimum Gasteiger partial charge on any atom is -0.423 e. The van der Waals surface area contributed by atoms with Gasteiger partial charge in [-0.05, 0) is 48.5 Å². The maximum atomic E-state index is 13.3. The molecule has 0 saturated carbocycles. The van der Waals surface area contributed by atoms with Gasteiger partial charge < -0.3 is 4.42 Å². The van der Waals surface area contributed by atoms with Crippen molar-refractivity contribution in [1.29, 1.82) is 0 Å². The Morgan fingerprint density at radius 2 is 1.79 bits per heavy atom. The zero-order valence-electron chi connectivity index (χ0n) is 17.1. The fraction of sp³-hybridized carbons (Fsp3) is 0.0435. The highest BCUT2D eigenvalue weighted by Gasteiger charge is 2.17. The summed E-state index contributed by atoms with van der Waals surface area (Å²) in [6, 6.07) is 16.9. The Kier molecular flexibility index (Phi) is 6.22. The van der Waals surface area contributed by atoms with Crippen molar-refractivity contribution < 1.29 is 9.21 Å². The van der Waals surface area contributed by atoms with Crippen LogP contribution < -0.4 is 10.9 Å². The van der Waals surface area contributed by atoms with Crippen LogP contribution in [0.15, 0.2) is 75.0 Å². The number of halogens is 3. The van der Waals surface area contributed by atoms with Crippen molar-refractivity contribution in [1.82, 2.24) is 14.5 Å². The van der Waals surface area contributed by atoms with E-state index in [4.69, 9.17) is 39.2 Å². The number of hydrogen-bond donors (Lipinski definition) is 1. The molecule has 3 aromatic carbocycles. The molecule has 0 aliphatic rings. The zero-order chi connectivity index (χ0) is 23.8. The van der Waals surface area contributed by atoms with Crippen LogP contribution in [0.4, 0.5) is 6.01 Å². The Balaban J connectivity index is 1.45. The van der Waals surface area contributed by atoms with E-state index in [9.17, 15) is 9.59 Å². The molecule has 0 aliphatic heterocycles. The van der Waals surface area contributed by atoms with Crippen LogP contribution >= 0.6 is 46.6 Å². The highest BCUT2D eigenvalue weighted by atomic mass is 35.5. The number of carbonyl (C=O) groups is 1. The number of hydrogen-bond acceptors (Lipinski definition) is 6. The third-order valence-corrected chi connectivity index (χ3v) is 6.75. The van der Waals surface area contributed by atoms with Crippen LogP contribution in [0, 0.1) is 0 Å². The second kappa shape index (κ2) is 9.31. The van der Waals surface area contributed by atoms with Gasteiger partial charge in [0, 0.05) is 5.02 Å². The van der Waals surface area contributed by atoms with Crippen molar-refractivity contribution in [2.24, 2.45) is 0 Å². The van der Waals surface area contributed by atoms with E-state index in [-0.39, 0.29) is 23.2 Å². The average Bonchev–Trinajstić information content (AvgIpc) is 3.21. The molecule has 7 nitrogen and oxygen atoms in total. The fourth-order valence-electron chi connectivity index (χ4n) is 3.30. The summed E-state index contributed by atoms with van der Waals surface area (Å²) in [5.41, 5.74) is 1.73. The molecular weight excluding hydrogens is 519 g/mol. The van der Waals surface area contributed by atoms with Gasteiger partial charge in [-0.3, -0.25) is 19.5 Å². The van der Waals surface area contributed by atoms with Crippen molar-refractivity contribution in [2.45, 2.75) is 5.16 Å². The van der Waals surface area contributed by atoms with Crippen molar-refractivity contribution in [3.8, 4) is 5.69 Å². The van der Waals surface area contributed by atoms with Crippen LogP contribution in [0.5, 0.6) is 0 Å². The number of nitrogens with one attached hydrogen (secondary N) is 1. The first-order chi connectivity index (χ1) is 16.4. The van der Waals surface area contributed by atoms with E-state index in [1.165, 1.54) is 4.57 Å². The molecule has 34 heavy (non-hydrogen) atoms. The lowest BCUT2D eigenvalue weighted by atomic mass is 10.2. The van der Waals surface area contributed by atoms with E-state index < -0.39 is 0 Å². The number of aromatic nitrogens is 3. The van der Waals surface area contributed by atoms with Crippen molar-refractivity contribution in [3.63, 3.8) is 0 Å². The average molecular weight is 532 g/mol. The molecule has 5 rings (SSSR count).